The highest BCUT2D eigenvalue weighted by atomic mass is 16.5. The lowest BCUT2D eigenvalue weighted by molar-refractivity contribution is 0.412. The quantitative estimate of drug-likeness (QED) is 0.731. The molecule has 0 aliphatic rings. The van der Waals surface area contributed by atoms with E-state index in [0.29, 0.717) is 11.3 Å². The van der Waals surface area contributed by atoms with E-state index in [2.05, 4.69) is 6.07 Å². The Labute approximate surface area is 141 Å². The smallest absolute Gasteiger partial charge is 0.122 e. The number of aryl methyl sites for hydroxylation is 3. The maximum atomic E-state index is 9.50. The van der Waals surface area contributed by atoms with Gasteiger partial charge < -0.3 is 15.0 Å². The van der Waals surface area contributed by atoms with Crippen molar-refractivity contribution >= 4 is 16.7 Å². The molecule has 1 aromatic heterocycles. The number of fused-ring (bicyclic) bond motifs is 1. The van der Waals surface area contributed by atoms with E-state index in [4.69, 9.17) is 15.5 Å². The van der Waals surface area contributed by atoms with Gasteiger partial charge in [0.1, 0.15) is 17.6 Å². The summed E-state index contributed by atoms with van der Waals surface area (Å²) in [5.41, 5.74) is 12.8. The number of ether oxygens (including phenoxy) is 1. The van der Waals surface area contributed by atoms with Gasteiger partial charge in [0.2, 0.25) is 0 Å². The highest BCUT2D eigenvalue weighted by Crippen LogP contribution is 2.41. The largest absolute Gasteiger partial charge is 0.496 e. The van der Waals surface area contributed by atoms with Crippen LogP contribution >= 0.6 is 0 Å². The minimum Gasteiger partial charge on any atom is -0.496 e. The van der Waals surface area contributed by atoms with Crippen molar-refractivity contribution in [3.05, 3.63) is 40.7 Å². The summed E-state index contributed by atoms with van der Waals surface area (Å²) in [4.78, 5) is 4.70. The summed E-state index contributed by atoms with van der Waals surface area (Å²) in [6.45, 7) is 5.97. The molecule has 122 valence electrons. The molecule has 1 heterocycles. The van der Waals surface area contributed by atoms with Gasteiger partial charge in [-0.15, -0.1) is 0 Å². The molecule has 3 aromatic rings. The lowest BCUT2D eigenvalue weighted by atomic mass is 9.91. The number of nitrogens with zero attached hydrogens (tertiary/aromatic N) is 3. The van der Waals surface area contributed by atoms with Crippen molar-refractivity contribution in [2.24, 2.45) is 7.05 Å². The Hall–Kier alpha value is -3.00. The van der Waals surface area contributed by atoms with E-state index >= 15 is 0 Å². The van der Waals surface area contributed by atoms with Crippen molar-refractivity contribution in [3.8, 4) is 22.9 Å². The second kappa shape index (κ2) is 5.57. The van der Waals surface area contributed by atoms with Crippen LogP contribution in [0, 0.1) is 32.1 Å². The third kappa shape index (κ3) is 2.11. The fraction of sp³-hybridized carbons (Fsp3) is 0.263. The predicted molar refractivity (Wildman–Crippen MR) is 96.0 cm³/mol. The van der Waals surface area contributed by atoms with Gasteiger partial charge in [0.15, 0.2) is 0 Å². The van der Waals surface area contributed by atoms with E-state index in [1.54, 1.807) is 13.2 Å². The fourth-order valence-electron chi connectivity index (χ4n) is 3.23. The van der Waals surface area contributed by atoms with E-state index in [0.717, 1.165) is 44.9 Å². The molecule has 0 amide bonds. The average Bonchev–Trinajstić information content (AvgIpc) is 2.84. The van der Waals surface area contributed by atoms with Crippen molar-refractivity contribution in [3.63, 3.8) is 0 Å². The van der Waals surface area contributed by atoms with Crippen molar-refractivity contribution in [1.82, 2.24) is 9.55 Å². The van der Waals surface area contributed by atoms with E-state index in [1.807, 2.05) is 44.5 Å². The molecule has 5 heteroatoms. The van der Waals surface area contributed by atoms with Gasteiger partial charge in [0.25, 0.3) is 0 Å². The van der Waals surface area contributed by atoms with Crippen molar-refractivity contribution in [2.75, 3.05) is 12.8 Å². The third-order valence-electron chi connectivity index (χ3n) is 4.65. The van der Waals surface area contributed by atoms with Gasteiger partial charge >= 0.3 is 0 Å². The first kappa shape index (κ1) is 15.9. The van der Waals surface area contributed by atoms with Crippen LogP contribution in [-0.4, -0.2) is 16.7 Å². The zero-order valence-electron chi connectivity index (χ0n) is 14.6. The van der Waals surface area contributed by atoms with Crippen LogP contribution < -0.4 is 10.5 Å². The molecule has 5 nitrogen and oxygen atoms in total. The molecule has 3 rings (SSSR count). The highest BCUT2D eigenvalue weighted by Gasteiger charge is 2.21. The summed E-state index contributed by atoms with van der Waals surface area (Å²) in [6.07, 6.45) is 0. The van der Waals surface area contributed by atoms with Gasteiger partial charge in [0.05, 0.1) is 29.4 Å². The molecule has 0 saturated heterocycles. The monoisotopic (exact) mass is 320 g/mol. The van der Waals surface area contributed by atoms with Gasteiger partial charge in [0, 0.05) is 12.6 Å². The van der Waals surface area contributed by atoms with Gasteiger partial charge in [-0.05, 0) is 49.6 Å². The zero-order chi connectivity index (χ0) is 17.6. The number of rotatable bonds is 2. The Morgan fingerprint density at radius 2 is 1.92 bits per heavy atom. The van der Waals surface area contributed by atoms with Crippen LogP contribution in [0.1, 0.15) is 22.5 Å². The first-order valence-electron chi connectivity index (χ1n) is 7.70. The number of benzene rings is 2. The van der Waals surface area contributed by atoms with Crippen LogP contribution in [0.15, 0.2) is 18.2 Å². The number of nitriles is 1. The Morgan fingerprint density at radius 3 is 2.54 bits per heavy atom. The number of hydrogen-bond acceptors (Lipinski definition) is 4. The minimum atomic E-state index is 0.460. The second-order valence-corrected chi connectivity index (χ2v) is 6.00. The zero-order valence-corrected chi connectivity index (χ0v) is 14.6. The van der Waals surface area contributed by atoms with Crippen LogP contribution in [0.4, 0.5) is 5.69 Å². The average molecular weight is 320 g/mol. The SMILES string of the molecule is COc1ccc(C)c(-c2c(N)c(C#N)cc3c2nc(C)n3C)c1C. The van der Waals surface area contributed by atoms with Gasteiger partial charge in [-0.3, -0.25) is 0 Å². The van der Waals surface area contributed by atoms with Crippen molar-refractivity contribution in [2.45, 2.75) is 20.8 Å². The number of methoxy groups -OCH3 is 1. The van der Waals surface area contributed by atoms with Crippen molar-refractivity contribution in [1.29, 1.82) is 5.26 Å². The minimum absolute atomic E-state index is 0.460. The summed E-state index contributed by atoms with van der Waals surface area (Å²) >= 11 is 0. The van der Waals surface area contributed by atoms with Crippen LogP contribution in [-0.2, 0) is 7.05 Å². The van der Waals surface area contributed by atoms with Crippen LogP contribution in [0.3, 0.4) is 0 Å². The van der Waals surface area contributed by atoms with Crippen LogP contribution in [0.5, 0.6) is 5.75 Å². The molecule has 0 aliphatic carbocycles. The molecule has 0 saturated carbocycles. The maximum absolute atomic E-state index is 9.50. The molecule has 0 fully saturated rings. The normalized spacial score (nSPS) is 10.8. The summed E-state index contributed by atoms with van der Waals surface area (Å²) < 4.78 is 7.44. The van der Waals surface area contributed by atoms with Crippen LogP contribution in [0.2, 0.25) is 0 Å². The second-order valence-electron chi connectivity index (χ2n) is 6.00. The summed E-state index contributed by atoms with van der Waals surface area (Å²) in [7, 11) is 3.59. The van der Waals surface area contributed by atoms with E-state index in [1.165, 1.54) is 0 Å². The number of anilines is 1. The Kier molecular flexibility index (Phi) is 3.69. The molecule has 0 atom stereocenters. The first-order valence-corrected chi connectivity index (χ1v) is 7.70. The highest BCUT2D eigenvalue weighted by molar-refractivity contribution is 6.03. The number of nitrogen functional groups attached to an aromatic ring is 1. The lowest BCUT2D eigenvalue weighted by Gasteiger charge is -2.17. The van der Waals surface area contributed by atoms with Gasteiger partial charge in [-0.25, -0.2) is 4.98 Å². The summed E-state index contributed by atoms with van der Waals surface area (Å²) in [5.74, 6) is 1.66. The van der Waals surface area contributed by atoms with Gasteiger partial charge in [-0.2, -0.15) is 5.26 Å². The molecule has 0 unspecified atom stereocenters. The topological polar surface area (TPSA) is 76.9 Å². The molecule has 2 N–H and O–H groups in total. The number of imidazole rings is 1. The molecule has 0 bridgehead atoms. The lowest BCUT2D eigenvalue weighted by Crippen LogP contribution is -2.01. The standard InChI is InChI=1S/C19H20N4O/c1-10-6-7-15(24-5)11(2)16(10)17-18(21)13(9-20)8-14-19(17)22-12(3)23(14)4/h6-8H,21H2,1-5H3. The summed E-state index contributed by atoms with van der Waals surface area (Å²) in [5, 5.41) is 9.50. The number of nitrogens with two attached hydrogens (primary N) is 1. The first-order chi connectivity index (χ1) is 11.4. The third-order valence-corrected chi connectivity index (χ3v) is 4.65. The Bertz CT molecular complexity index is 1010. The van der Waals surface area contributed by atoms with E-state index in [9.17, 15) is 5.26 Å². The molecule has 2 aromatic carbocycles. The Balaban J connectivity index is 2.54. The maximum Gasteiger partial charge on any atom is 0.122 e. The molecular formula is C19H20N4O. The number of aromatic nitrogens is 2. The Morgan fingerprint density at radius 1 is 1.21 bits per heavy atom. The van der Waals surface area contributed by atoms with Crippen molar-refractivity contribution < 1.29 is 4.74 Å². The number of hydrogen-bond donors (Lipinski definition) is 1. The predicted octanol–water partition coefficient (Wildman–Crippen LogP) is 3.63. The van der Waals surface area contributed by atoms with E-state index in [-0.39, 0.29) is 0 Å². The molecular weight excluding hydrogens is 300 g/mol. The fourth-order valence-corrected chi connectivity index (χ4v) is 3.23. The molecule has 0 spiro atoms. The molecule has 24 heavy (non-hydrogen) atoms. The van der Waals surface area contributed by atoms with Gasteiger partial charge in [-0.1, -0.05) is 6.07 Å². The molecule has 0 radical (unpaired) electrons. The van der Waals surface area contributed by atoms with E-state index < -0.39 is 0 Å². The molecule has 0 aliphatic heterocycles. The summed E-state index contributed by atoms with van der Waals surface area (Å²) in [6, 6.07) is 7.95. The van der Waals surface area contributed by atoms with Crippen LogP contribution in [0.25, 0.3) is 22.2 Å².